The van der Waals surface area contributed by atoms with E-state index >= 15 is 0 Å². The van der Waals surface area contributed by atoms with E-state index in [9.17, 15) is 4.79 Å². The Morgan fingerprint density at radius 1 is 1.23 bits per heavy atom. The van der Waals surface area contributed by atoms with E-state index < -0.39 is 5.60 Å². The first-order valence-electron chi connectivity index (χ1n) is 6.94. The molecule has 5 heteroatoms. The smallest absolute Gasteiger partial charge is 0.410 e. The number of ether oxygens (including phenoxy) is 1. The molecule has 1 aromatic rings. The summed E-state index contributed by atoms with van der Waals surface area (Å²) in [5, 5.41) is 17.6. The maximum Gasteiger partial charge on any atom is 0.410 e. The first-order chi connectivity index (χ1) is 10.3. The largest absolute Gasteiger partial charge is 0.444 e. The normalized spacial score (nSPS) is 12.9. The summed E-state index contributed by atoms with van der Waals surface area (Å²) < 4.78 is 5.37. The molecule has 1 heterocycles. The van der Waals surface area contributed by atoms with Crippen LogP contribution in [-0.4, -0.2) is 16.6 Å². The van der Waals surface area contributed by atoms with Crippen LogP contribution in [0, 0.1) is 22.7 Å². The first-order valence-corrected chi connectivity index (χ1v) is 6.94. The fourth-order valence-electron chi connectivity index (χ4n) is 2.22. The molecule has 0 bridgehead atoms. The summed E-state index contributed by atoms with van der Waals surface area (Å²) in [5.74, 6) is 0. The molecule has 2 rings (SSSR count). The highest BCUT2D eigenvalue weighted by Gasteiger charge is 2.27. The maximum absolute atomic E-state index is 12.1. The summed E-state index contributed by atoms with van der Waals surface area (Å²) in [6.45, 7) is 6.49. The molecule has 0 aromatic heterocycles. The average molecular weight is 295 g/mol. The van der Waals surface area contributed by atoms with E-state index in [4.69, 9.17) is 15.3 Å². The molecule has 0 aliphatic carbocycles. The molecule has 0 fully saturated rings. The number of rotatable bonds is 1. The highest BCUT2D eigenvalue weighted by Crippen LogP contribution is 2.26. The molecule has 1 aliphatic heterocycles. The number of fused-ring (bicyclic) bond motifs is 1. The lowest BCUT2D eigenvalue weighted by Crippen LogP contribution is -2.33. The predicted molar refractivity (Wildman–Crippen MR) is 81.1 cm³/mol. The van der Waals surface area contributed by atoms with Crippen molar-refractivity contribution in [1.82, 2.24) is 4.90 Å². The van der Waals surface area contributed by atoms with Gasteiger partial charge in [0, 0.05) is 13.1 Å². The fourth-order valence-corrected chi connectivity index (χ4v) is 2.22. The first kappa shape index (κ1) is 15.6. The summed E-state index contributed by atoms with van der Waals surface area (Å²) in [4.78, 5) is 13.7. The minimum atomic E-state index is -0.520. The van der Waals surface area contributed by atoms with Crippen molar-refractivity contribution in [3.05, 3.63) is 40.5 Å². The molecular weight excluding hydrogens is 278 g/mol. The number of hydrogen-bond acceptors (Lipinski definition) is 4. The standard InChI is InChI=1S/C17H17N3O2/c1-17(2,3)22-16(21)20-10-14-5-4-12(7-15(14)11-20)6-13(8-18)9-19/h4-7H,10-11H2,1-3H3. The van der Waals surface area contributed by atoms with Crippen LogP contribution in [0.5, 0.6) is 0 Å². The highest BCUT2D eigenvalue weighted by molar-refractivity contribution is 5.70. The van der Waals surface area contributed by atoms with Gasteiger partial charge in [0.1, 0.15) is 23.3 Å². The molecule has 112 valence electrons. The zero-order valence-corrected chi connectivity index (χ0v) is 12.9. The van der Waals surface area contributed by atoms with Gasteiger partial charge in [-0.3, -0.25) is 4.90 Å². The number of amides is 1. The average Bonchev–Trinajstić information content (AvgIpc) is 2.86. The van der Waals surface area contributed by atoms with Gasteiger partial charge in [0.25, 0.3) is 0 Å². The fraction of sp³-hybridized carbons (Fsp3) is 0.353. The van der Waals surface area contributed by atoms with Gasteiger partial charge in [0.2, 0.25) is 0 Å². The van der Waals surface area contributed by atoms with Gasteiger partial charge in [0.05, 0.1) is 0 Å². The lowest BCUT2D eigenvalue weighted by atomic mass is 10.0. The minimum Gasteiger partial charge on any atom is -0.444 e. The molecule has 0 saturated heterocycles. The second-order valence-corrected chi connectivity index (χ2v) is 6.15. The Balaban J connectivity index is 2.16. The number of carbonyl (C=O) groups is 1. The Kier molecular flexibility index (Phi) is 4.19. The van der Waals surface area contributed by atoms with Crippen molar-refractivity contribution in [3.8, 4) is 12.1 Å². The van der Waals surface area contributed by atoms with Crippen LogP contribution in [0.25, 0.3) is 6.08 Å². The lowest BCUT2D eigenvalue weighted by molar-refractivity contribution is 0.0242. The van der Waals surface area contributed by atoms with Crippen LogP contribution < -0.4 is 0 Å². The van der Waals surface area contributed by atoms with Crippen molar-refractivity contribution >= 4 is 12.2 Å². The SMILES string of the molecule is CC(C)(C)OC(=O)N1Cc2ccc(C=C(C#N)C#N)cc2C1. The van der Waals surface area contributed by atoms with E-state index in [1.54, 1.807) is 4.90 Å². The van der Waals surface area contributed by atoms with Crippen molar-refractivity contribution < 1.29 is 9.53 Å². The zero-order valence-electron chi connectivity index (χ0n) is 12.9. The molecule has 0 spiro atoms. The Labute approximate surface area is 130 Å². The van der Waals surface area contributed by atoms with Crippen molar-refractivity contribution in [2.45, 2.75) is 39.5 Å². The summed E-state index contributed by atoms with van der Waals surface area (Å²) in [6, 6.07) is 9.32. The number of hydrogen-bond donors (Lipinski definition) is 0. The Morgan fingerprint density at radius 3 is 2.45 bits per heavy atom. The molecule has 0 unspecified atom stereocenters. The topological polar surface area (TPSA) is 77.1 Å². The number of benzene rings is 1. The zero-order chi connectivity index (χ0) is 16.3. The summed E-state index contributed by atoms with van der Waals surface area (Å²) in [7, 11) is 0. The number of nitriles is 2. The molecule has 0 saturated carbocycles. The van der Waals surface area contributed by atoms with Gasteiger partial charge in [-0.05, 0) is 49.6 Å². The third-order valence-electron chi connectivity index (χ3n) is 3.16. The Morgan fingerprint density at radius 2 is 1.86 bits per heavy atom. The molecular formula is C17H17N3O2. The van der Waals surface area contributed by atoms with Gasteiger partial charge in [-0.25, -0.2) is 4.79 Å². The van der Waals surface area contributed by atoms with E-state index in [-0.39, 0.29) is 11.7 Å². The maximum atomic E-state index is 12.1. The van der Waals surface area contributed by atoms with Crippen LogP contribution in [0.2, 0.25) is 0 Å². The third-order valence-corrected chi connectivity index (χ3v) is 3.16. The summed E-state index contributed by atoms with van der Waals surface area (Å²) in [5.41, 5.74) is 2.38. The van der Waals surface area contributed by atoms with E-state index in [1.165, 1.54) is 6.08 Å². The van der Waals surface area contributed by atoms with E-state index in [0.29, 0.717) is 13.1 Å². The molecule has 0 N–H and O–H groups in total. The molecule has 5 nitrogen and oxygen atoms in total. The Hall–Kier alpha value is -2.79. The molecule has 0 atom stereocenters. The highest BCUT2D eigenvalue weighted by atomic mass is 16.6. The van der Waals surface area contributed by atoms with E-state index in [2.05, 4.69) is 0 Å². The predicted octanol–water partition coefficient (Wildman–Crippen LogP) is 3.37. The van der Waals surface area contributed by atoms with E-state index in [0.717, 1.165) is 16.7 Å². The van der Waals surface area contributed by atoms with Crippen LogP contribution in [-0.2, 0) is 17.8 Å². The van der Waals surface area contributed by atoms with E-state index in [1.807, 2.05) is 51.1 Å². The molecule has 0 radical (unpaired) electrons. The van der Waals surface area contributed by atoms with Crippen molar-refractivity contribution in [2.24, 2.45) is 0 Å². The molecule has 1 amide bonds. The van der Waals surface area contributed by atoms with Gasteiger partial charge < -0.3 is 4.74 Å². The van der Waals surface area contributed by atoms with Gasteiger partial charge in [-0.15, -0.1) is 0 Å². The Bertz CT molecular complexity index is 699. The molecule has 22 heavy (non-hydrogen) atoms. The van der Waals surface area contributed by atoms with Crippen LogP contribution >= 0.6 is 0 Å². The monoisotopic (exact) mass is 295 g/mol. The van der Waals surface area contributed by atoms with Crippen LogP contribution in [0.4, 0.5) is 4.79 Å². The lowest BCUT2D eigenvalue weighted by Gasteiger charge is -2.24. The van der Waals surface area contributed by atoms with Crippen molar-refractivity contribution in [2.75, 3.05) is 0 Å². The summed E-state index contributed by atoms with van der Waals surface area (Å²) >= 11 is 0. The van der Waals surface area contributed by atoms with Crippen LogP contribution in [0.1, 0.15) is 37.5 Å². The van der Waals surface area contributed by atoms with Gasteiger partial charge in [-0.2, -0.15) is 10.5 Å². The van der Waals surface area contributed by atoms with Gasteiger partial charge in [0.15, 0.2) is 0 Å². The minimum absolute atomic E-state index is 0.0574. The second kappa shape index (κ2) is 5.91. The van der Waals surface area contributed by atoms with Crippen LogP contribution in [0.15, 0.2) is 23.8 Å². The molecule has 1 aliphatic rings. The summed E-state index contributed by atoms with van der Waals surface area (Å²) in [6.07, 6.45) is 1.20. The van der Waals surface area contributed by atoms with Crippen LogP contribution in [0.3, 0.4) is 0 Å². The number of allylic oxidation sites excluding steroid dienone is 1. The van der Waals surface area contributed by atoms with Gasteiger partial charge >= 0.3 is 6.09 Å². The number of carbonyl (C=O) groups excluding carboxylic acids is 1. The van der Waals surface area contributed by atoms with Crippen molar-refractivity contribution in [3.63, 3.8) is 0 Å². The third kappa shape index (κ3) is 3.65. The van der Waals surface area contributed by atoms with Gasteiger partial charge in [-0.1, -0.05) is 12.1 Å². The quantitative estimate of drug-likeness (QED) is 0.744. The second-order valence-electron chi connectivity index (χ2n) is 6.15. The molecule has 1 aromatic carbocycles. The van der Waals surface area contributed by atoms with Crippen molar-refractivity contribution in [1.29, 1.82) is 10.5 Å². The number of nitrogens with zero attached hydrogens (tertiary/aromatic N) is 3.